The van der Waals surface area contributed by atoms with E-state index in [1.54, 1.807) is 0 Å². The molecule has 4 aliphatic rings. The van der Waals surface area contributed by atoms with E-state index in [-0.39, 0.29) is 12.1 Å². The first-order chi connectivity index (χ1) is 19.0. The minimum atomic E-state index is -0.518. The fraction of sp³-hybridized carbons (Fsp3) is 0.621. The lowest BCUT2D eigenvalue weighted by Gasteiger charge is -2.37. The molecular weight excluding hydrogens is 496 g/mol. The Morgan fingerprint density at radius 2 is 1.97 bits per heavy atom. The van der Waals surface area contributed by atoms with Gasteiger partial charge in [-0.3, -0.25) is 14.4 Å². The van der Waals surface area contributed by atoms with Crippen LogP contribution in [0.4, 0.5) is 0 Å². The summed E-state index contributed by atoms with van der Waals surface area (Å²) in [6.07, 6.45) is 10.2. The Balaban J connectivity index is 1.28. The zero-order valence-electron chi connectivity index (χ0n) is 22.8. The summed E-state index contributed by atoms with van der Waals surface area (Å²) in [5.74, 6) is 1.78. The lowest BCUT2D eigenvalue weighted by molar-refractivity contribution is -0.127. The van der Waals surface area contributed by atoms with Crippen LogP contribution in [0.3, 0.4) is 0 Å². The Kier molecular flexibility index (Phi) is 6.27. The predicted molar refractivity (Wildman–Crippen MR) is 142 cm³/mol. The Bertz CT molecular complexity index is 1380. The van der Waals surface area contributed by atoms with E-state index in [0.717, 1.165) is 68.4 Å². The van der Waals surface area contributed by atoms with Gasteiger partial charge in [-0.05, 0) is 71.5 Å². The number of likely N-dealkylation sites (N-methyl/N-ethyl adjacent to an activating group) is 1. The molecule has 0 aromatic carbocycles. The molecule has 7 rings (SSSR count). The van der Waals surface area contributed by atoms with E-state index in [1.165, 1.54) is 6.42 Å². The third-order valence-corrected chi connectivity index (χ3v) is 9.26. The van der Waals surface area contributed by atoms with Crippen LogP contribution in [0.5, 0.6) is 5.88 Å². The largest absolute Gasteiger partial charge is 0.473 e. The zero-order valence-corrected chi connectivity index (χ0v) is 22.8. The van der Waals surface area contributed by atoms with E-state index in [9.17, 15) is 4.79 Å². The van der Waals surface area contributed by atoms with Gasteiger partial charge in [0, 0.05) is 30.3 Å². The molecule has 3 atom stereocenters. The highest BCUT2D eigenvalue weighted by molar-refractivity contribution is 5.91. The molecule has 3 fully saturated rings. The fourth-order valence-corrected chi connectivity index (χ4v) is 6.95. The third-order valence-electron chi connectivity index (χ3n) is 9.26. The van der Waals surface area contributed by atoms with E-state index < -0.39 is 5.41 Å². The Hall–Kier alpha value is -3.11. The summed E-state index contributed by atoms with van der Waals surface area (Å²) in [4.78, 5) is 25.3. The van der Waals surface area contributed by atoms with Gasteiger partial charge in [0.05, 0.1) is 30.4 Å². The maximum atomic E-state index is 13.2. The van der Waals surface area contributed by atoms with E-state index in [4.69, 9.17) is 29.1 Å². The molecule has 2 aliphatic heterocycles. The van der Waals surface area contributed by atoms with Crippen LogP contribution in [-0.2, 0) is 21.4 Å². The van der Waals surface area contributed by atoms with Crippen LogP contribution in [0.25, 0.3) is 23.0 Å². The number of ketones is 1. The molecule has 2 saturated heterocycles. The van der Waals surface area contributed by atoms with Gasteiger partial charge in [0.15, 0.2) is 0 Å². The normalized spacial score (nSPS) is 26.5. The van der Waals surface area contributed by atoms with Gasteiger partial charge in [-0.25, -0.2) is 4.98 Å². The van der Waals surface area contributed by atoms with Crippen molar-refractivity contribution >= 4 is 5.78 Å². The standard InChI is InChI=1S/C29H36N6O4/c1-18(23-8-6-13-34(23)2)38-25-15-22(21-10-14-35(32-21)19-16-37-17-19)30-28(31-25)26-20-7-5-12-29(27(20)33-39-26)11-4-3-9-24(29)36/h10,14-15,18-19,23H,3-9,11-13,16-17H2,1-2H3/t18-,23-,29+/m0/s1. The first-order valence-electron chi connectivity index (χ1n) is 14.4. The lowest BCUT2D eigenvalue weighted by atomic mass is 9.64. The maximum Gasteiger partial charge on any atom is 0.217 e. The molecule has 0 N–H and O–H groups in total. The summed E-state index contributed by atoms with van der Waals surface area (Å²) in [5.41, 5.74) is 2.68. The number of Topliss-reactive ketones (excluding diaryl/α,β-unsaturated/α-hetero) is 1. The highest BCUT2D eigenvalue weighted by atomic mass is 16.5. The predicted octanol–water partition coefficient (Wildman–Crippen LogP) is 4.15. The minimum absolute atomic E-state index is 0.0375. The molecule has 0 unspecified atom stereocenters. The van der Waals surface area contributed by atoms with Crippen LogP contribution >= 0.6 is 0 Å². The summed E-state index contributed by atoms with van der Waals surface area (Å²) in [7, 11) is 2.15. The van der Waals surface area contributed by atoms with E-state index in [0.29, 0.717) is 54.6 Å². The van der Waals surface area contributed by atoms with Crippen molar-refractivity contribution in [3.63, 3.8) is 0 Å². The van der Waals surface area contributed by atoms with Crippen molar-refractivity contribution in [2.24, 2.45) is 0 Å². The number of rotatable bonds is 6. The molecule has 1 spiro atoms. The number of carbonyl (C=O) groups is 1. The number of ether oxygens (including phenoxy) is 2. The summed E-state index contributed by atoms with van der Waals surface area (Å²) in [5, 5.41) is 9.31. The van der Waals surface area contributed by atoms with E-state index >= 15 is 0 Å². The smallest absolute Gasteiger partial charge is 0.217 e. The molecule has 10 nitrogen and oxygen atoms in total. The first-order valence-corrected chi connectivity index (χ1v) is 14.4. The third kappa shape index (κ3) is 4.28. The quantitative estimate of drug-likeness (QED) is 0.463. The lowest BCUT2D eigenvalue weighted by Crippen LogP contribution is -2.41. The number of nitrogens with zero attached hydrogens (tertiary/aromatic N) is 6. The van der Waals surface area contributed by atoms with Crippen molar-refractivity contribution in [3.8, 4) is 28.9 Å². The minimum Gasteiger partial charge on any atom is -0.473 e. The molecule has 5 heterocycles. The van der Waals surface area contributed by atoms with Gasteiger partial charge in [0.25, 0.3) is 0 Å². The van der Waals surface area contributed by atoms with Gasteiger partial charge >= 0.3 is 0 Å². The van der Waals surface area contributed by atoms with Crippen LogP contribution < -0.4 is 4.74 Å². The molecule has 2 aliphatic carbocycles. The summed E-state index contributed by atoms with van der Waals surface area (Å²) in [6.45, 7) is 4.52. The molecule has 10 heteroatoms. The van der Waals surface area contributed by atoms with Crippen molar-refractivity contribution in [3.05, 3.63) is 29.6 Å². The number of carbonyl (C=O) groups excluding carboxylic acids is 1. The fourth-order valence-electron chi connectivity index (χ4n) is 6.95. The van der Waals surface area contributed by atoms with Crippen LogP contribution in [0, 0.1) is 0 Å². The van der Waals surface area contributed by atoms with Crippen molar-refractivity contribution in [2.75, 3.05) is 26.8 Å². The zero-order chi connectivity index (χ0) is 26.6. The SMILES string of the molecule is C[C@H](Oc1cc(-c2ccn(C3COC3)n2)nc(-c2onc3c2CCC[C@@]32CCCCC2=O)n1)[C@@H]1CCCN1C. The van der Waals surface area contributed by atoms with Crippen LogP contribution in [0.15, 0.2) is 22.9 Å². The number of hydrogen-bond donors (Lipinski definition) is 0. The number of likely N-dealkylation sites (tertiary alicyclic amines) is 1. The maximum absolute atomic E-state index is 13.2. The molecule has 3 aromatic rings. The van der Waals surface area contributed by atoms with Crippen molar-refractivity contribution in [1.29, 1.82) is 0 Å². The second kappa shape index (κ2) is 9.82. The molecule has 39 heavy (non-hydrogen) atoms. The highest BCUT2D eigenvalue weighted by Crippen LogP contribution is 2.47. The van der Waals surface area contributed by atoms with Crippen molar-refractivity contribution < 1.29 is 18.8 Å². The van der Waals surface area contributed by atoms with Crippen LogP contribution in [0.2, 0.25) is 0 Å². The molecule has 3 aromatic heterocycles. The summed E-state index contributed by atoms with van der Waals surface area (Å²) < 4.78 is 19.7. The topological polar surface area (TPSA) is 108 Å². The summed E-state index contributed by atoms with van der Waals surface area (Å²) >= 11 is 0. The van der Waals surface area contributed by atoms with Gasteiger partial charge < -0.3 is 14.0 Å². The Labute approximate surface area is 228 Å². The van der Waals surface area contributed by atoms with Crippen LogP contribution in [-0.4, -0.2) is 74.5 Å². The number of hydrogen-bond acceptors (Lipinski definition) is 9. The van der Waals surface area contributed by atoms with E-state index in [2.05, 4.69) is 24.0 Å². The van der Waals surface area contributed by atoms with Crippen molar-refractivity contribution in [2.45, 2.75) is 88.3 Å². The van der Waals surface area contributed by atoms with Gasteiger partial charge in [0.1, 0.15) is 23.3 Å². The number of fused-ring (bicyclic) bond motifs is 2. The van der Waals surface area contributed by atoms with Gasteiger partial charge in [0.2, 0.25) is 17.5 Å². The highest BCUT2D eigenvalue weighted by Gasteiger charge is 2.48. The molecular formula is C29H36N6O4. The second-order valence-corrected chi connectivity index (χ2v) is 11.7. The monoisotopic (exact) mass is 532 g/mol. The Morgan fingerprint density at radius 1 is 1.10 bits per heavy atom. The molecule has 0 amide bonds. The Morgan fingerprint density at radius 3 is 2.74 bits per heavy atom. The van der Waals surface area contributed by atoms with E-state index in [1.807, 2.05) is 23.0 Å². The first kappa shape index (κ1) is 24.9. The molecule has 0 radical (unpaired) electrons. The molecule has 206 valence electrons. The van der Waals surface area contributed by atoms with Gasteiger partial charge in [-0.2, -0.15) is 10.1 Å². The van der Waals surface area contributed by atoms with Crippen LogP contribution in [0.1, 0.15) is 75.6 Å². The average molecular weight is 533 g/mol. The second-order valence-electron chi connectivity index (χ2n) is 11.7. The average Bonchev–Trinajstić information content (AvgIpc) is 3.65. The van der Waals surface area contributed by atoms with Gasteiger partial charge in [-0.1, -0.05) is 11.6 Å². The van der Waals surface area contributed by atoms with Crippen molar-refractivity contribution in [1.82, 2.24) is 29.8 Å². The number of aromatic nitrogens is 5. The van der Waals surface area contributed by atoms with Gasteiger partial charge in [-0.15, -0.1) is 0 Å². The molecule has 1 saturated carbocycles. The molecule has 0 bridgehead atoms. The summed E-state index contributed by atoms with van der Waals surface area (Å²) in [6, 6.07) is 4.42.